The van der Waals surface area contributed by atoms with E-state index in [-0.39, 0.29) is 34.5 Å². The van der Waals surface area contributed by atoms with E-state index in [9.17, 15) is 13.2 Å². The lowest BCUT2D eigenvalue weighted by Gasteiger charge is -2.29. The molecule has 0 aliphatic heterocycles. The lowest BCUT2D eigenvalue weighted by molar-refractivity contribution is -0.122. The standard InChI is InChI=1S/C16H21N3O4S/c1-11-5-2-3-6-12(11)17-15(20)9-10-24(21,22)14-8-4-7-13-16(14)19-23-18-13/h4,7-8,11-12H,2-3,5-6,9-10H2,1H3,(H,17,20)/t11-,12+/m1/s1. The maximum absolute atomic E-state index is 12.5. The number of aromatic nitrogens is 2. The van der Waals surface area contributed by atoms with Gasteiger partial charge in [-0.3, -0.25) is 4.79 Å². The van der Waals surface area contributed by atoms with Gasteiger partial charge >= 0.3 is 0 Å². The van der Waals surface area contributed by atoms with Crippen LogP contribution in [0.15, 0.2) is 27.7 Å². The van der Waals surface area contributed by atoms with Gasteiger partial charge in [-0.25, -0.2) is 13.0 Å². The highest BCUT2D eigenvalue weighted by Gasteiger charge is 2.25. The molecule has 1 aromatic heterocycles. The van der Waals surface area contributed by atoms with E-state index in [2.05, 4.69) is 27.2 Å². The highest BCUT2D eigenvalue weighted by atomic mass is 32.2. The molecular weight excluding hydrogens is 330 g/mol. The lowest BCUT2D eigenvalue weighted by atomic mass is 9.86. The number of fused-ring (bicyclic) bond motifs is 1. The van der Waals surface area contributed by atoms with E-state index in [1.165, 1.54) is 12.5 Å². The van der Waals surface area contributed by atoms with Crippen molar-refractivity contribution in [1.82, 2.24) is 15.6 Å². The van der Waals surface area contributed by atoms with Gasteiger partial charge in [0.2, 0.25) is 5.91 Å². The Morgan fingerprint density at radius 3 is 2.88 bits per heavy atom. The van der Waals surface area contributed by atoms with Crippen molar-refractivity contribution >= 4 is 26.8 Å². The molecule has 0 radical (unpaired) electrons. The van der Waals surface area contributed by atoms with Crippen molar-refractivity contribution in [2.75, 3.05) is 5.75 Å². The van der Waals surface area contributed by atoms with Crippen LogP contribution in [-0.2, 0) is 14.6 Å². The van der Waals surface area contributed by atoms with Crippen LogP contribution < -0.4 is 5.32 Å². The number of carbonyl (C=O) groups is 1. The Bertz CT molecular complexity index is 831. The Labute approximate surface area is 140 Å². The predicted octanol–water partition coefficient (Wildman–Crippen LogP) is 2.08. The fraction of sp³-hybridized carbons (Fsp3) is 0.562. The SMILES string of the molecule is C[C@@H]1CCCC[C@@H]1NC(=O)CCS(=O)(=O)c1cccc2nonc12. The van der Waals surface area contributed by atoms with Crippen LogP contribution in [0.25, 0.3) is 11.0 Å². The van der Waals surface area contributed by atoms with Gasteiger partial charge in [0.05, 0.1) is 10.6 Å². The van der Waals surface area contributed by atoms with Gasteiger partial charge in [-0.15, -0.1) is 0 Å². The fourth-order valence-corrected chi connectivity index (χ4v) is 4.58. The molecule has 1 aliphatic rings. The molecule has 1 fully saturated rings. The van der Waals surface area contributed by atoms with Crippen LogP contribution in [0, 0.1) is 5.92 Å². The molecular formula is C16H21N3O4S. The molecule has 3 rings (SSSR count). The van der Waals surface area contributed by atoms with Crippen LogP contribution in [0.5, 0.6) is 0 Å². The minimum Gasteiger partial charge on any atom is -0.353 e. The van der Waals surface area contributed by atoms with Crippen molar-refractivity contribution in [3.63, 3.8) is 0 Å². The first kappa shape index (κ1) is 16.9. The van der Waals surface area contributed by atoms with E-state index in [0.29, 0.717) is 11.4 Å². The second kappa shape index (κ2) is 6.88. The third kappa shape index (κ3) is 3.58. The van der Waals surface area contributed by atoms with Gasteiger partial charge in [0.15, 0.2) is 15.4 Å². The average molecular weight is 351 g/mol. The summed E-state index contributed by atoms with van der Waals surface area (Å²) >= 11 is 0. The first-order valence-electron chi connectivity index (χ1n) is 8.21. The quantitative estimate of drug-likeness (QED) is 0.885. The van der Waals surface area contributed by atoms with Crippen molar-refractivity contribution in [2.45, 2.75) is 50.0 Å². The number of carbonyl (C=O) groups excluding carboxylic acids is 1. The summed E-state index contributed by atoms with van der Waals surface area (Å²) in [6.45, 7) is 2.12. The van der Waals surface area contributed by atoms with Gasteiger partial charge in [0.1, 0.15) is 5.52 Å². The Morgan fingerprint density at radius 1 is 1.29 bits per heavy atom. The van der Waals surface area contributed by atoms with E-state index < -0.39 is 9.84 Å². The molecule has 7 nitrogen and oxygen atoms in total. The van der Waals surface area contributed by atoms with Crippen molar-refractivity contribution in [3.05, 3.63) is 18.2 Å². The second-order valence-corrected chi connectivity index (χ2v) is 8.47. The maximum atomic E-state index is 12.5. The number of amides is 1. The summed E-state index contributed by atoms with van der Waals surface area (Å²) in [4.78, 5) is 12.2. The largest absolute Gasteiger partial charge is 0.353 e. The Hall–Kier alpha value is -1.96. The number of nitrogens with zero attached hydrogens (tertiary/aromatic N) is 2. The van der Waals surface area contributed by atoms with Crippen molar-refractivity contribution in [3.8, 4) is 0 Å². The van der Waals surface area contributed by atoms with Gasteiger partial charge in [-0.1, -0.05) is 25.8 Å². The molecule has 1 aliphatic carbocycles. The van der Waals surface area contributed by atoms with E-state index in [1.54, 1.807) is 12.1 Å². The molecule has 1 N–H and O–H groups in total. The van der Waals surface area contributed by atoms with Gasteiger partial charge in [-0.2, -0.15) is 0 Å². The van der Waals surface area contributed by atoms with E-state index >= 15 is 0 Å². The van der Waals surface area contributed by atoms with Crippen molar-refractivity contribution in [1.29, 1.82) is 0 Å². The zero-order valence-electron chi connectivity index (χ0n) is 13.6. The molecule has 1 saturated carbocycles. The smallest absolute Gasteiger partial charge is 0.221 e. The Morgan fingerprint density at radius 2 is 2.08 bits per heavy atom. The molecule has 2 aromatic rings. The number of rotatable bonds is 5. The zero-order valence-corrected chi connectivity index (χ0v) is 14.4. The first-order valence-corrected chi connectivity index (χ1v) is 9.86. The molecule has 1 amide bonds. The monoisotopic (exact) mass is 351 g/mol. The molecule has 2 atom stereocenters. The Kier molecular flexibility index (Phi) is 4.84. The summed E-state index contributed by atoms with van der Waals surface area (Å²) in [5.41, 5.74) is 0.593. The molecule has 0 spiro atoms. The second-order valence-electron chi connectivity index (χ2n) is 6.39. The summed E-state index contributed by atoms with van der Waals surface area (Å²) in [6.07, 6.45) is 4.30. The van der Waals surface area contributed by atoms with Crippen LogP contribution >= 0.6 is 0 Å². The summed E-state index contributed by atoms with van der Waals surface area (Å²) in [6, 6.07) is 4.82. The number of benzene rings is 1. The summed E-state index contributed by atoms with van der Waals surface area (Å²) in [7, 11) is -3.63. The third-order valence-corrected chi connectivity index (χ3v) is 6.38. The number of sulfone groups is 1. The number of nitrogens with one attached hydrogen (secondary N) is 1. The lowest BCUT2D eigenvalue weighted by Crippen LogP contribution is -2.41. The van der Waals surface area contributed by atoms with Crippen molar-refractivity contribution < 1.29 is 17.8 Å². The van der Waals surface area contributed by atoms with Crippen LogP contribution in [0.3, 0.4) is 0 Å². The molecule has 0 unspecified atom stereocenters. The maximum Gasteiger partial charge on any atom is 0.221 e. The van der Waals surface area contributed by atoms with Crippen LogP contribution in [0.4, 0.5) is 0 Å². The molecule has 8 heteroatoms. The van der Waals surface area contributed by atoms with E-state index in [0.717, 1.165) is 19.3 Å². The highest BCUT2D eigenvalue weighted by molar-refractivity contribution is 7.91. The predicted molar refractivity (Wildman–Crippen MR) is 88.0 cm³/mol. The number of hydrogen-bond donors (Lipinski definition) is 1. The van der Waals surface area contributed by atoms with Gasteiger partial charge in [0, 0.05) is 12.5 Å². The average Bonchev–Trinajstić information content (AvgIpc) is 3.03. The molecule has 130 valence electrons. The molecule has 0 bridgehead atoms. The fourth-order valence-electron chi connectivity index (χ4n) is 3.18. The third-order valence-electron chi connectivity index (χ3n) is 4.64. The minimum absolute atomic E-state index is 0.0556. The number of hydrogen-bond acceptors (Lipinski definition) is 6. The molecule has 1 aromatic carbocycles. The van der Waals surface area contributed by atoms with Crippen molar-refractivity contribution in [2.24, 2.45) is 5.92 Å². The normalized spacial score (nSPS) is 21.7. The zero-order chi connectivity index (χ0) is 17.2. The van der Waals surface area contributed by atoms with Crippen LogP contribution in [0.2, 0.25) is 0 Å². The molecule has 0 saturated heterocycles. The van der Waals surface area contributed by atoms with E-state index in [1.807, 2.05) is 0 Å². The summed E-state index contributed by atoms with van der Waals surface area (Å²) in [5.74, 6) is -0.0385. The molecule has 24 heavy (non-hydrogen) atoms. The molecule has 1 heterocycles. The van der Waals surface area contributed by atoms with Crippen LogP contribution in [-0.4, -0.2) is 36.4 Å². The summed E-state index contributed by atoms with van der Waals surface area (Å²) < 4.78 is 29.6. The van der Waals surface area contributed by atoms with Gasteiger partial charge in [-0.05, 0) is 41.2 Å². The Balaban J connectivity index is 1.65. The van der Waals surface area contributed by atoms with E-state index in [4.69, 9.17) is 0 Å². The first-order chi connectivity index (χ1) is 11.5. The highest BCUT2D eigenvalue weighted by Crippen LogP contribution is 2.24. The minimum atomic E-state index is -3.63. The summed E-state index contributed by atoms with van der Waals surface area (Å²) in [5, 5.41) is 10.3. The van der Waals surface area contributed by atoms with Gasteiger partial charge < -0.3 is 5.32 Å². The van der Waals surface area contributed by atoms with Gasteiger partial charge in [0.25, 0.3) is 0 Å². The van der Waals surface area contributed by atoms with Crippen LogP contribution in [0.1, 0.15) is 39.0 Å². The topological polar surface area (TPSA) is 102 Å².